The first-order valence-electron chi connectivity index (χ1n) is 6.85. The summed E-state index contributed by atoms with van der Waals surface area (Å²) in [7, 11) is 1.59. The molecule has 0 unspecified atom stereocenters. The molecular weight excluding hydrogens is 282 g/mol. The summed E-state index contributed by atoms with van der Waals surface area (Å²) >= 11 is 5.36. The highest BCUT2D eigenvalue weighted by molar-refractivity contribution is 7.80. The van der Waals surface area contributed by atoms with Crippen molar-refractivity contribution in [1.29, 1.82) is 0 Å². The van der Waals surface area contributed by atoms with Gasteiger partial charge in [-0.2, -0.15) is 0 Å². The number of pyridine rings is 1. The number of nitrogens with one attached hydrogen (secondary N) is 2. The molecule has 5 heteroatoms. The second kappa shape index (κ2) is 7.59. The van der Waals surface area contributed by atoms with Gasteiger partial charge in [0.2, 0.25) is 5.88 Å². The van der Waals surface area contributed by atoms with Crippen LogP contribution in [0.4, 0.5) is 5.69 Å². The van der Waals surface area contributed by atoms with Gasteiger partial charge in [0, 0.05) is 6.07 Å². The van der Waals surface area contributed by atoms with E-state index in [-0.39, 0.29) is 6.04 Å². The van der Waals surface area contributed by atoms with Gasteiger partial charge in [-0.25, -0.2) is 4.98 Å². The van der Waals surface area contributed by atoms with Gasteiger partial charge in [-0.15, -0.1) is 0 Å². The summed E-state index contributed by atoms with van der Waals surface area (Å²) in [4.78, 5) is 4.14. The Bertz CT molecular complexity index is 572. The Balaban J connectivity index is 1.96. The lowest BCUT2D eigenvalue weighted by atomic mass is 10.1. The van der Waals surface area contributed by atoms with Gasteiger partial charge in [0.25, 0.3) is 0 Å². The lowest BCUT2D eigenvalue weighted by molar-refractivity contribution is 0.398. The monoisotopic (exact) mass is 301 g/mol. The predicted molar refractivity (Wildman–Crippen MR) is 89.6 cm³/mol. The normalized spacial score (nSPS) is 11.5. The van der Waals surface area contributed by atoms with Crippen molar-refractivity contribution < 1.29 is 4.74 Å². The van der Waals surface area contributed by atoms with Crippen LogP contribution in [0.1, 0.15) is 24.9 Å². The number of benzene rings is 1. The third kappa shape index (κ3) is 4.43. The molecule has 0 saturated heterocycles. The highest BCUT2D eigenvalue weighted by Crippen LogP contribution is 2.16. The van der Waals surface area contributed by atoms with Gasteiger partial charge >= 0.3 is 0 Å². The summed E-state index contributed by atoms with van der Waals surface area (Å²) in [5.41, 5.74) is 2.05. The zero-order valence-corrected chi connectivity index (χ0v) is 13.0. The van der Waals surface area contributed by atoms with Crippen molar-refractivity contribution in [3.8, 4) is 5.88 Å². The second-order valence-electron chi connectivity index (χ2n) is 4.56. The molecule has 1 heterocycles. The van der Waals surface area contributed by atoms with Gasteiger partial charge in [-0.05, 0) is 30.3 Å². The highest BCUT2D eigenvalue weighted by atomic mass is 32.1. The van der Waals surface area contributed by atoms with E-state index >= 15 is 0 Å². The fourth-order valence-electron chi connectivity index (χ4n) is 2.01. The zero-order valence-electron chi connectivity index (χ0n) is 12.2. The Morgan fingerprint density at radius 3 is 2.57 bits per heavy atom. The molecule has 0 aliphatic heterocycles. The maximum absolute atomic E-state index is 5.36. The van der Waals surface area contributed by atoms with E-state index in [1.54, 1.807) is 19.4 Å². The smallest absolute Gasteiger partial charge is 0.213 e. The molecule has 110 valence electrons. The second-order valence-corrected chi connectivity index (χ2v) is 4.97. The number of rotatable bonds is 5. The lowest BCUT2D eigenvalue weighted by Crippen LogP contribution is -2.32. The quantitative estimate of drug-likeness (QED) is 0.827. The van der Waals surface area contributed by atoms with Crippen LogP contribution in [0.3, 0.4) is 0 Å². The number of ether oxygens (including phenoxy) is 1. The third-order valence-corrected chi connectivity index (χ3v) is 3.34. The largest absolute Gasteiger partial charge is 0.481 e. The number of hydrogen-bond acceptors (Lipinski definition) is 3. The first kappa shape index (κ1) is 15.3. The zero-order chi connectivity index (χ0) is 15.1. The van der Waals surface area contributed by atoms with E-state index in [0.29, 0.717) is 11.0 Å². The molecule has 0 bridgehead atoms. The number of aromatic nitrogens is 1. The van der Waals surface area contributed by atoms with Crippen LogP contribution in [0.2, 0.25) is 0 Å². The van der Waals surface area contributed by atoms with Crippen LogP contribution >= 0.6 is 12.2 Å². The van der Waals surface area contributed by atoms with Crippen molar-refractivity contribution >= 4 is 23.0 Å². The first-order valence-corrected chi connectivity index (χ1v) is 7.26. The number of methoxy groups -OCH3 is 1. The van der Waals surface area contributed by atoms with Crippen LogP contribution in [0.15, 0.2) is 48.7 Å². The minimum Gasteiger partial charge on any atom is -0.481 e. The Labute approximate surface area is 130 Å². The van der Waals surface area contributed by atoms with E-state index in [9.17, 15) is 0 Å². The molecule has 2 N–H and O–H groups in total. The molecule has 1 aromatic carbocycles. The maximum Gasteiger partial charge on any atom is 0.213 e. The molecule has 4 nitrogen and oxygen atoms in total. The highest BCUT2D eigenvalue weighted by Gasteiger charge is 2.10. The molecule has 0 fully saturated rings. The fraction of sp³-hybridized carbons (Fsp3) is 0.250. The van der Waals surface area contributed by atoms with Crippen molar-refractivity contribution in [2.24, 2.45) is 0 Å². The average Bonchev–Trinajstić information content (AvgIpc) is 2.54. The van der Waals surface area contributed by atoms with Crippen LogP contribution in [-0.4, -0.2) is 17.2 Å². The summed E-state index contributed by atoms with van der Waals surface area (Å²) in [6.45, 7) is 2.13. The van der Waals surface area contributed by atoms with E-state index in [2.05, 4.69) is 34.7 Å². The molecule has 1 atom stereocenters. The SMILES string of the molecule is CC[C@@H](NC(=S)Nc1ccc(OC)nc1)c1ccccc1. The standard InChI is InChI=1S/C16H19N3OS/c1-3-14(12-7-5-4-6-8-12)19-16(21)18-13-9-10-15(20-2)17-11-13/h4-11,14H,3H2,1-2H3,(H2,18,19,21)/t14-/m1/s1. The van der Waals surface area contributed by atoms with Gasteiger partial charge in [-0.1, -0.05) is 37.3 Å². The summed E-state index contributed by atoms with van der Waals surface area (Å²) in [6, 6.07) is 14.1. The molecular formula is C16H19N3OS. The summed E-state index contributed by atoms with van der Waals surface area (Å²) in [5, 5.41) is 7.03. The Morgan fingerprint density at radius 1 is 1.24 bits per heavy atom. The number of hydrogen-bond donors (Lipinski definition) is 2. The van der Waals surface area contributed by atoms with Gasteiger partial charge in [0.1, 0.15) is 0 Å². The van der Waals surface area contributed by atoms with E-state index in [1.165, 1.54) is 5.56 Å². The van der Waals surface area contributed by atoms with Crippen LogP contribution < -0.4 is 15.4 Å². The van der Waals surface area contributed by atoms with Gasteiger partial charge in [0.05, 0.1) is 25.0 Å². The van der Waals surface area contributed by atoms with Crippen molar-refractivity contribution in [2.75, 3.05) is 12.4 Å². The minimum atomic E-state index is 0.192. The third-order valence-electron chi connectivity index (χ3n) is 3.12. The summed E-state index contributed by atoms with van der Waals surface area (Å²) in [6.07, 6.45) is 2.64. The molecule has 0 spiro atoms. The molecule has 21 heavy (non-hydrogen) atoms. The van der Waals surface area contributed by atoms with Crippen molar-refractivity contribution in [1.82, 2.24) is 10.3 Å². The number of thiocarbonyl (C=S) groups is 1. The minimum absolute atomic E-state index is 0.192. The molecule has 0 amide bonds. The van der Waals surface area contributed by atoms with Crippen LogP contribution in [0.25, 0.3) is 0 Å². The Hall–Kier alpha value is -2.14. The van der Waals surface area contributed by atoms with Crippen molar-refractivity contribution in [3.05, 3.63) is 54.2 Å². The van der Waals surface area contributed by atoms with Gasteiger partial charge in [-0.3, -0.25) is 0 Å². The molecule has 2 aromatic rings. The molecule has 0 radical (unpaired) electrons. The Kier molecular flexibility index (Phi) is 5.51. The van der Waals surface area contributed by atoms with Gasteiger partial charge < -0.3 is 15.4 Å². The van der Waals surface area contributed by atoms with Crippen molar-refractivity contribution in [2.45, 2.75) is 19.4 Å². The summed E-state index contributed by atoms with van der Waals surface area (Å²) < 4.78 is 5.03. The topological polar surface area (TPSA) is 46.2 Å². The molecule has 0 saturated carbocycles. The molecule has 0 aliphatic rings. The average molecular weight is 301 g/mol. The van der Waals surface area contributed by atoms with E-state index in [1.807, 2.05) is 24.3 Å². The van der Waals surface area contributed by atoms with E-state index in [0.717, 1.165) is 12.1 Å². The fourth-order valence-corrected chi connectivity index (χ4v) is 2.27. The predicted octanol–water partition coefficient (Wildman–Crippen LogP) is 3.53. The van der Waals surface area contributed by atoms with Crippen LogP contribution in [0.5, 0.6) is 5.88 Å². The lowest BCUT2D eigenvalue weighted by Gasteiger charge is -2.20. The van der Waals surface area contributed by atoms with E-state index in [4.69, 9.17) is 17.0 Å². The summed E-state index contributed by atoms with van der Waals surface area (Å²) in [5.74, 6) is 0.579. The van der Waals surface area contributed by atoms with Crippen molar-refractivity contribution in [3.63, 3.8) is 0 Å². The molecule has 1 aromatic heterocycles. The number of anilines is 1. The Morgan fingerprint density at radius 2 is 2.00 bits per heavy atom. The maximum atomic E-state index is 5.36. The first-order chi connectivity index (χ1) is 10.2. The van der Waals surface area contributed by atoms with Gasteiger partial charge in [0.15, 0.2) is 5.11 Å². The molecule has 2 rings (SSSR count). The number of nitrogens with zero attached hydrogens (tertiary/aromatic N) is 1. The molecule has 0 aliphatic carbocycles. The van der Waals surface area contributed by atoms with E-state index < -0.39 is 0 Å². The van der Waals surface area contributed by atoms with Crippen LogP contribution in [0, 0.1) is 0 Å². The van der Waals surface area contributed by atoms with Crippen LogP contribution in [-0.2, 0) is 0 Å².